The van der Waals surface area contributed by atoms with Gasteiger partial charge in [0.2, 0.25) is 11.8 Å². The Morgan fingerprint density at radius 3 is 2.20 bits per heavy atom. The van der Waals surface area contributed by atoms with E-state index >= 15 is 4.39 Å². The zero-order valence-electron chi connectivity index (χ0n) is 25.1. The highest BCUT2D eigenvalue weighted by molar-refractivity contribution is 6.08. The second-order valence-electron chi connectivity index (χ2n) is 11.5. The lowest BCUT2D eigenvalue weighted by Crippen LogP contribution is -2.55. The van der Waals surface area contributed by atoms with Crippen molar-refractivity contribution in [3.05, 3.63) is 35.8 Å². The summed E-state index contributed by atoms with van der Waals surface area (Å²) in [6.45, 7) is -2.38. The first-order chi connectivity index (χ1) is 22.7. The van der Waals surface area contributed by atoms with Crippen LogP contribution in [0.1, 0.15) is 48.0 Å². The van der Waals surface area contributed by atoms with Crippen LogP contribution in [0.2, 0.25) is 0 Å². The minimum atomic E-state index is -5.84. The molecule has 2 aliphatic rings. The van der Waals surface area contributed by atoms with E-state index in [9.17, 15) is 53.9 Å². The lowest BCUT2D eigenvalue weighted by molar-refractivity contribution is -0.235. The van der Waals surface area contributed by atoms with Crippen molar-refractivity contribution in [3.8, 4) is 17.1 Å². The number of nitrogens with zero attached hydrogens (tertiary/aromatic N) is 6. The summed E-state index contributed by atoms with van der Waals surface area (Å²) in [7, 11) is 0.908. The van der Waals surface area contributed by atoms with E-state index in [1.165, 1.54) is 0 Å². The number of pyridine rings is 1. The molecule has 1 saturated heterocycles. The van der Waals surface area contributed by atoms with Crippen molar-refractivity contribution in [1.29, 1.82) is 0 Å². The number of aromatic nitrogens is 4. The van der Waals surface area contributed by atoms with Crippen LogP contribution in [0.4, 0.5) is 49.7 Å². The first kappa shape index (κ1) is 35.6. The number of nitrogen functional groups attached to an aromatic ring is 1. The van der Waals surface area contributed by atoms with Gasteiger partial charge < -0.3 is 15.4 Å². The van der Waals surface area contributed by atoms with Crippen molar-refractivity contribution in [1.82, 2.24) is 29.4 Å². The fourth-order valence-electron chi connectivity index (χ4n) is 6.29. The number of alkyl halides is 10. The molecular formula is C28H25F10N7O4. The van der Waals surface area contributed by atoms with Gasteiger partial charge in [-0.1, -0.05) is 19.3 Å². The molecule has 2 atom stereocenters. The van der Waals surface area contributed by atoms with Crippen LogP contribution >= 0.6 is 0 Å². The number of methoxy groups -OCH3 is 1. The topological polar surface area (TPSA) is 136 Å². The fraction of sp³-hybridized carbons (Fsp3) is 0.500. The minimum Gasteiger partial charge on any atom is -0.480 e. The predicted octanol–water partition coefficient (Wildman–Crippen LogP) is 4.99. The summed E-state index contributed by atoms with van der Waals surface area (Å²) >= 11 is 0. The van der Waals surface area contributed by atoms with Crippen LogP contribution in [0.3, 0.4) is 0 Å². The summed E-state index contributed by atoms with van der Waals surface area (Å²) in [5, 5.41) is 3.73. The zero-order chi connectivity index (χ0) is 36.3. The second-order valence-corrected chi connectivity index (χ2v) is 11.5. The highest BCUT2D eigenvalue weighted by atomic mass is 19.4. The molecule has 3 aromatic rings. The summed E-state index contributed by atoms with van der Waals surface area (Å²) in [5.74, 6) is -7.80. The Labute approximate surface area is 269 Å². The average molecular weight is 714 g/mol. The standard InChI is InChI=1S/C28H25F10N7O4/c1-49-21-14(7-13(9-40-21)17-8-15(26(30,31)32)19-20(39)41-12-42-45(17)19)22(46)44(24(48)27(33,34)35)18-11-43(10-16(18)29)23(47)25(28(36,37)38)5-3-2-4-6-25/h7-9,12,16,18H,2-6,10-11H2,1H3,(H2,39,41,42)/t16-,18+/m0/s1. The number of hydrogen-bond donors (Lipinski definition) is 1. The van der Waals surface area contributed by atoms with Crippen molar-refractivity contribution in [2.45, 2.75) is 62.8 Å². The number of fused-ring (bicyclic) bond motifs is 1. The molecule has 2 fully saturated rings. The summed E-state index contributed by atoms with van der Waals surface area (Å²) < 4.78 is 147. The van der Waals surface area contributed by atoms with Crippen molar-refractivity contribution in [2.75, 3.05) is 25.9 Å². The van der Waals surface area contributed by atoms with Crippen LogP contribution in [0.25, 0.3) is 16.8 Å². The second kappa shape index (κ2) is 12.3. The molecular weight excluding hydrogens is 688 g/mol. The quantitative estimate of drug-likeness (QED) is 0.366. The Morgan fingerprint density at radius 1 is 0.980 bits per heavy atom. The van der Waals surface area contributed by atoms with Gasteiger partial charge >= 0.3 is 24.4 Å². The Bertz CT molecular complexity index is 1780. The van der Waals surface area contributed by atoms with Gasteiger partial charge in [-0.25, -0.2) is 18.9 Å². The Kier molecular flexibility index (Phi) is 8.94. The highest BCUT2D eigenvalue weighted by Crippen LogP contribution is 2.51. The molecule has 21 heteroatoms. The van der Waals surface area contributed by atoms with Crippen LogP contribution in [0, 0.1) is 5.41 Å². The van der Waals surface area contributed by atoms with Crippen molar-refractivity contribution >= 4 is 29.1 Å². The number of rotatable bonds is 5. The van der Waals surface area contributed by atoms with E-state index in [-0.39, 0.29) is 12.8 Å². The first-order valence-electron chi connectivity index (χ1n) is 14.4. The van der Waals surface area contributed by atoms with Gasteiger partial charge in [0.1, 0.15) is 29.0 Å². The van der Waals surface area contributed by atoms with E-state index in [4.69, 9.17) is 10.5 Å². The summed E-state index contributed by atoms with van der Waals surface area (Å²) in [5.41, 5.74) is -1.15. The van der Waals surface area contributed by atoms with Crippen LogP contribution in [0.5, 0.6) is 5.88 Å². The summed E-state index contributed by atoms with van der Waals surface area (Å²) in [6, 6.07) is -1.18. The van der Waals surface area contributed by atoms with Gasteiger partial charge in [0.05, 0.1) is 31.0 Å². The molecule has 1 aliphatic carbocycles. The molecule has 0 bridgehead atoms. The molecule has 0 aromatic carbocycles. The molecule has 1 saturated carbocycles. The molecule has 1 aliphatic heterocycles. The molecule has 4 heterocycles. The Balaban J connectivity index is 1.58. The van der Waals surface area contributed by atoms with Gasteiger partial charge in [-0.05, 0) is 25.0 Å². The first-order valence-corrected chi connectivity index (χ1v) is 14.4. The van der Waals surface area contributed by atoms with E-state index in [0.717, 1.165) is 19.6 Å². The van der Waals surface area contributed by atoms with Crippen LogP contribution < -0.4 is 10.5 Å². The van der Waals surface area contributed by atoms with Crippen molar-refractivity contribution in [2.24, 2.45) is 5.41 Å². The third-order valence-electron chi connectivity index (χ3n) is 8.64. The number of imide groups is 1. The number of amides is 3. The van der Waals surface area contributed by atoms with Gasteiger partial charge in [0, 0.05) is 18.3 Å². The molecule has 49 heavy (non-hydrogen) atoms. The number of carbonyl (C=O) groups excluding carboxylic acids is 3. The maximum Gasteiger partial charge on any atom is 0.471 e. The third-order valence-corrected chi connectivity index (χ3v) is 8.64. The maximum atomic E-state index is 15.5. The molecule has 266 valence electrons. The van der Waals surface area contributed by atoms with Gasteiger partial charge in [-0.3, -0.25) is 19.3 Å². The third kappa shape index (κ3) is 6.18. The van der Waals surface area contributed by atoms with Crippen LogP contribution in [-0.2, 0) is 15.8 Å². The largest absolute Gasteiger partial charge is 0.480 e. The number of anilines is 1. The van der Waals surface area contributed by atoms with E-state index in [1.54, 1.807) is 0 Å². The number of hydrogen-bond acceptors (Lipinski definition) is 8. The average Bonchev–Trinajstić information content (AvgIpc) is 3.62. The van der Waals surface area contributed by atoms with Crippen LogP contribution in [0.15, 0.2) is 24.7 Å². The van der Waals surface area contributed by atoms with Gasteiger partial charge in [0.25, 0.3) is 5.91 Å². The normalized spacial score (nSPS) is 20.0. The minimum absolute atomic E-state index is 0.00191. The number of likely N-dealkylation sites (tertiary alicyclic amines) is 1. The van der Waals surface area contributed by atoms with E-state index in [2.05, 4.69) is 15.1 Å². The highest BCUT2D eigenvalue weighted by Gasteiger charge is 2.63. The number of carbonyl (C=O) groups is 3. The molecule has 11 nitrogen and oxygen atoms in total. The van der Waals surface area contributed by atoms with Crippen molar-refractivity contribution < 1.29 is 63.0 Å². The Morgan fingerprint density at radius 2 is 1.63 bits per heavy atom. The van der Waals surface area contributed by atoms with Crippen molar-refractivity contribution in [3.63, 3.8) is 0 Å². The fourth-order valence-corrected chi connectivity index (χ4v) is 6.29. The molecule has 0 radical (unpaired) electrons. The molecule has 3 amide bonds. The molecule has 5 rings (SSSR count). The van der Waals surface area contributed by atoms with Gasteiger partial charge in [-0.2, -0.15) is 44.6 Å². The number of halogens is 10. The lowest BCUT2D eigenvalue weighted by Gasteiger charge is -2.40. The maximum absolute atomic E-state index is 15.5. The zero-order valence-corrected chi connectivity index (χ0v) is 25.1. The summed E-state index contributed by atoms with van der Waals surface area (Å²) in [4.78, 5) is 46.9. The number of nitrogens with two attached hydrogens (primary N) is 1. The summed E-state index contributed by atoms with van der Waals surface area (Å²) in [6.07, 6.45) is -17.8. The molecule has 0 unspecified atom stereocenters. The molecule has 3 aromatic heterocycles. The number of ether oxygens (including phenoxy) is 1. The SMILES string of the molecule is COc1ncc(-c2cc(C(F)(F)F)c3c(N)ncnn23)cc1C(=O)N(C(=O)C(F)(F)F)[C@@H]1CN(C(=O)C2(C(F)(F)F)CCCCC2)C[C@@H]1F. The molecule has 2 N–H and O–H groups in total. The van der Waals surface area contributed by atoms with E-state index in [0.29, 0.717) is 28.0 Å². The lowest BCUT2D eigenvalue weighted by atomic mass is 9.72. The monoisotopic (exact) mass is 713 g/mol. The van der Waals surface area contributed by atoms with Crippen LogP contribution in [-0.4, -0.2) is 91.9 Å². The van der Waals surface area contributed by atoms with E-state index in [1.807, 2.05) is 0 Å². The Hall–Kier alpha value is -4.72. The van der Waals surface area contributed by atoms with Gasteiger partial charge in [0.15, 0.2) is 5.82 Å². The predicted molar refractivity (Wildman–Crippen MR) is 146 cm³/mol. The molecule has 0 spiro atoms. The van der Waals surface area contributed by atoms with Gasteiger partial charge in [-0.15, -0.1) is 0 Å². The smallest absolute Gasteiger partial charge is 0.471 e. The van der Waals surface area contributed by atoms with E-state index < -0.39 is 124 Å².